The molecule has 1 nitrogen and oxygen atoms in total. The Morgan fingerprint density at radius 2 is 2.06 bits per heavy atom. The molecule has 3 atom stereocenters. The second kappa shape index (κ2) is 4.49. The van der Waals surface area contributed by atoms with Crippen LogP contribution in [-0.2, 0) is 0 Å². The van der Waals surface area contributed by atoms with E-state index in [1.54, 1.807) is 0 Å². The molecule has 1 heterocycles. The van der Waals surface area contributed by atoms with Crippen molar-refractivity contribution in [2.75, 3.05) is 0 Å². The minimum atomic E-state index is 0.479. The Morgan fingerprint density at radius 1 is 1.29 bits per heavy atom. The minimum absolute atomic E-state index is 0.479. The highest BCUT2D eigenvalue weighted by atomic mass is 35.5. The maximum Gasteiger partial charge on any atom is 0.0545 e. The smallest absolute Gasteiger partial charge is 0.0545 e. The van der Waals surface area contributed by atoms with Crippen molar-refractivity contribution in [1.29, 1.82) is 0 Å². The number of hydrogen-bond donors (Lipinski definition) is 1. The van der Waals surface area contributed by atoms with Crippen molar-refractivity contribution in [3.8, 4) is 0 Å². The van der Waals surface area contributed by atoms with Crippen LogP contribution in [0, 0.1) is 5.92 Å². The summed E-state index contributed by atoms with van der Waals surface area (Å²) in [4.78, 5) is 1.29. The predicted molar refractivity (Wildman–Crippen MR) is 74.8 cm³/mol. The molecule has 0 aromatic heterocycles. The van der Waals surface area contributed by atoms with Crippen LogP contribution < -0.4 is 5.32 Å². The molecular weight excluding hydrogens is 250 g/mol. The van der Waals surface area contributed by atoms with Crippen molar-refractivity contribution in [3.63, 3.8) is 0 Å². The van der Waals surface area contributed by atoms with Gasteiger partial charge in [-0.3, -0.25) is 0 Å². The molecular formula is C14H18ClNS. The summed E-state index contributed by atoms with van der Waals surface area (Å²) in [7, 11) is 0. The van der Waals surface area contributed by atoms with Gasteiger partial charge in [0.1, 0.15) is 0 Å². The highest BCUT2D eigenvalue weighted by molar-refractivity contribution is 8.00. The van der Waals surface area contributed by atoms with Gasteiger partial charge >= 0.3 is 0 Å². The predicted octanol–water partition coefficient (Wildman–Crippen LogP) is 4.26. The molecule has 1 saturated carbocycles. The number of thioether (sulfide) groups is 1. The van der Waals surface area contributed by atoms with E-state index in [0.29, 0.717) is 17.2 Å². The average Bonchev–Trinajstić information content (AvgIpc) is 3.10. The zero-order valence-electron chi connectivity index (χ0n) is 10.2. The molecule has 1 aromatic rings. The van der Waals surface area contributed by atoms with E-state index in [9.17, 15) is 0 Å². The summed E-state index contributed by atoms with van der Waals surface area (Å²) in [6, 6.07) is 7.53. The first-order chi connectivity index (χ1) is 8.16. The van der Waals surface area contributed by atoms with E-state index in [0.717, 1.165) is 11.1 Å². The van der Waals surface area contributed by atoms with Crippen LogP contribution in [0.3, 0.4) is 0 Å². The van der Waals surface area contributed by atoms with Crippen molar-refractivity contribution in [2.24, 2.45) is 5.92 Å². The summed E-state index contributed by atoms with van der Waals surface area (Å²) in [5, 5.41) is 5.32. The normalized spacial score (nSPS) is 32.3. The third kappa shape index (κ3) is 2.23. The maximum absolute atomic E-state index is 6.32. The summed E-state index contributed by atoms with van der Waals surface area (Å²) in [6.45, 7) is 4.66. The van der Waals surface area contributed by atoms with Crippen LogP contribution in [0.15, 0.2) is 23.1 Å². The van der Waals surface area contributed by atoms with Gasteiger partial charge in [-0.15, -0.1) is 11.8 Å². The molecule has 1 aliphatic carbocycles. The van der Waals surface area contributed by atoms with Crippen LogP contribution in [0.5, 0.6) is 0 Å². The van der Waals surface area contributed by atoms with E-state index >= 15 is 0 Å². The zero-order valence-corrected chi connectivity index (χ0v) is 11.8. The monoisotopic (exact) mass is 267 g/mol. The van der Waals surface area contributed by atoms with Crippen molar-refractivity contribution in [3.05, 3.63) is 28.8 Å². The number of benzene rings is 1. The lowest BCUT2D eigenvalue weighted by Gasteiger charge is -2.36. The van der Waals surface area contributed by atoms with Gasteiger partial charge in [0, 0.05) is 22.2 Å². The first kappa shape index (κ1) is 11.9. The molecule has 0 bridgehead atoms. The maximum atomic E-state index is 6.32. The van der Waals surface area contributed by atoms with Gasteiger partial charge in [0.2, 0.25) is 0 Å². The first-order valence-electron chi connectivity index (χ1n) is 6.38. The van der Waals surface area contributed by atoms with Crippen LogP contribution in [0.2, 0.25) is 5.02 Å². The number of nitrogens with one attached hydrogen (secondary N) is 1. The summed E-state index contributed by atoms with van der Waals surface area (Å²) >= 11 is 8.25. The molecule has 17 heavy (non-hydrogen) atoms. The summed E-state index contributed by atoms with van der Waals surface area (Å²) < 4.78 is 0. The molecule has 3 rings (SSSR count). The van der Waals surface area contributed by atoms with Crippen LogP contribution in [0.25, 0.3) is 0 Å². The van der Waals surface area contributed by atoms with Crippen molar-refractivity contribution >= 4 is 23.4 Å². The molecule has 1 aliphatic heterocycles. The molecule has 1 fully saturated rings. The Bertz CT molecular complexity index is 430. The molecule has 3 unspecified atom stereocenters. The quantitative estimate of drug-likeness (QED) is 0.859. The third-order valence-corrected chi connectivity index (χ3v) is 5.81. The molecule has 1 N–H and O–H groups in total. The second-order valence-corrected chi connectivity index (χ2v) is 7.05. The van der Waals surface area contributed by atoms with Crippen LogP contribution in [0.4, 0.5) is 0 Å². The lowest BCUT2D eigenvalue weighted by molar-refractivity contribution is 0.370. The molecule has 0 spiro atoms. The number of rotatable bonds is 2. The third-order valence-electron chi connectivity index (χ3n) is 3.90. The Morgan fingerprint density at radius 3 is 2.76 bits per heavy atom. The summed E-state index contributed by atoms with van der Waals surface area (Å²) in [6.07, 6.45) is 2.67. The van der Waals surface area contributed by atoms with Gasteiger partial charge in [-0.25, -0.2) is 0 Å². The van der Waals surface area contributed by atoms with Gasteiger partial charge in [-0.05, 0) is 30.4 Å². The van der Waals surface area contributed by atoms with E-state index in [1.807, 2.05) is 17.8 Å². The minimum Gasteiger partial charge on any atom is -0.307 e. The lowest BCUT2D eigenvalue weighted by atomic mass is 9.91. The van der Waals surface area contributed by atoms with Gasteiger partial charge < -0.3 is 5.32 Å². The van der Waals surface area contributed by atoms with E-state index < -0.39 is 0 Å². The average molecular weight is 268 g/mol. The Balaban J connectivity index is 1.98. The SMILES string of the molecule is CC1Sc2c(Cl)cccc2C(NC2CC2)C1C. The number of halogens is 1. The van der Waals surface area contributed by atoms with E-state index in [-0.39, 0.29) is 0 Å². The number of fused-ring (bicyclic) bond motifs is 1. The fourth-order valence-electron chi connectivity index (χ4n) is 2.49. The molecule has 2 aliphatic rings. The van der Waals surface area contributed by atoms with Crippen LogP contribution in [-0.4, -0.2) is 11.3 Å². The van der Waals surface area contributed by atoms with Crippen LogP contribution in [0.1, 0.15) is 38.3 Å². The van der Waals surface area contributed by atoms with Crippen molar-refractivity contribution < 1.29 is 0 Å². The highest BCUT2D eigenvalue weighted by Crippen LogP contribution is 2.47. The van der Waals surface area contributed by atoms with E-state index in [4.69, 9.17) is 11.6 Å². The molecule has 1 aromatic carbocycles. The largest absolute Gasteiger partial charge is 0.307 e. The Hall–Kier alpha value is -0.180. The summed E-state index contributed by atoms with van der Waals surface area (Å²) in [5.41, 5.74) is 1.40. The van der Waals surface area contributed by atoms with Gasteiger partial charge in [0.25, 0.3) is 0 Å². The standard InChI is InChI=1S/C14H18ClNS/c1-8-9(2)17-14-11(4-3-5-12(14)15)13(8)16-10-6-7-10/h3-5,8-10,13,16H,6-7H2,1-2H3. The van der Waals surface area contributed by atoms with Gasteiger partial charge in [0.05, 0.1) is 5.02 Å². The fraction of sp³-hybridized carbons (Fsp3) is 0.571. The van der Waals surface area contributed by atoms with Crippen molar-refractivity contribution in [1.82, 2.24) is 5.32 Å². The highest BCUT2D eigenvalue weighted by Gasteiger charge is 2.36. The topological polar surface area (TPSA) is 12.0 Å². The van der Waals surface area contributed by atoms with Gasteiger partial charge in [-0.2, -0.15) is 0 Å². The fourth-order valence-corrected chi connectivity index (χ4v) is 4.06. The molecule has 0 radical (unpaired) electrons. The van der Waals surface area contributed by atoms with E-state index in [2.05, 4.69) is 31.3 Å². The van der Waals surface area contributed by atoms with E-state index in [1.165, 1.54) is 23.3 Å². The zero-order chi connectivity index (χ0) is 12.0. The summed E-state index contributed by atoms with van der Waals surface area (Å²) in [5.74, 6) is 0.659. The van der Waals surface area contributed by atoms with Gasteiger partial charge in [-0.1, -0.05) is 37.6 Å². The molecule has 0 amide bonds. The Labute approximate surface area is 112 Å². The Kier molecular flexibility index (Phi) is 3.14. The van der Waals surface area contributed by atoms with Crippen molar-refractivity contribution in [2.45, 2.75) is 48.9 Å². The second-order valence-electron chi connectivity index (χ2n) is 5.26. The number of hydrogen-bond acceptors (Lipinski definition) is 2. The molecule has 92 valence electrons. The lowest BCUT2D eigenvalue weighted by Crippen LogP contribution is -2.35. The first-order valence-corrected chi connectivity index (χ1v) is 7.63. The van der Waals surface area contributed by atoms with Crippen LogP contribution >= 0.6 is 23.4 Å². The molecule has 0 saturated heterocycles. The van der Waals surface area contributed by atoms with Gasteiger partial charge in [0.15, 0.2) is 0 Å². The molecule has 3 heteroatoms.